The average Bonchev–Trinajstić information content (AvgIpc) is 2.60. The molecule has 1 aliphatic rings. The van der Waals surface area contributed by atoms with Crippen molar-refractivity contribution < 1.29 is 18.1 Å². The predicted molar refractivity (Wildman–Crippen MR) is 111 cm³/mol. The summed E-state index contributed by atoms with van der Waals surface area (Å²) in [5, 5.41) is 22.2. The minimum Gasteiger partial charge on any atom is -0.379 e. The molecular formula is C19H30N4O5S. The van der Waals surface area contributed by atoms with Crippen LogP contribution in [0, 0.1) is 27.9 Å². The van der Waals surface area contributed by atoms with Crippen molar-refractivity contribution in [1.82, 2.24) is 5.32 Å². The van der Waals surface area contributed by atoms with E-state index in [2.05, 4.69) is 31.4 Å². The Hall–Kier alpha value is -2.20. The van der Waals surface area contributed by atoms with E-state index in [1.165, 1.54) is 18.6 Å². The maximum atomic E-state index is 12.4. The highest BCUT2D eigenvalue weighted by Gasteiger charge is 2.31. The third kappa shape index (κ3) is 6.40. The van der Waals surface area contributed by atoms with Crippen molar-refractivity contribution in [3.05, 3.63) is 28.3 Å². The van der Waals surface area contributed by atoms with E-state index >= 15 is 0 Å². The molecule has 9 nitrogen and oxygen atoms in total. The van der Waals surface area contributed by atoms with Gasteiger partial charge in [-0.3, -0.25) is 14.9 Å². The summed E-state index contributed by atoms with van der Waals surface area (Å²) in [5.74, 6) is 1.42. The van der Waals surface area contributed by atoms with Crippen LogP contribution in [-0.2, 0) is 14.8 Å². The summed E-state index contributed by atoms with van der Waals surface area (Å²) in [4.78, 5) is 22.6. The van der Waals surface area contributed by atoms with Gasteiger partial charge in [0.25, 0.3) is 5.69 Å². The van der Waals surface area contributed by atoms with E-state index in [0.29, 0.717) is 17.8 Å². The molecule has 0 bridgehead atoms. The Bertz CT molecular complexity index is 856. The van der Waals surface area contributed by atoms with E-state index in [1.807, 2.05) is 0 Å². The largest absolute Gasteiger partial charge is 0.379 e. The van der Waals surface area contributed by atoms with Gasteiger partial charge in [-0.25, -0.2) is 13.6 Å². The SMILES string of the molecule is CC1CCC(C(C)C)C(NC(=O)CCNc2ccc(S(N)(=O)=O)cc2[N+](=O)[O-])C1. The normalized spacial score (nSPS) is 22.3. The molecule has 2 rings (SSSR count). The molecule has 0 radical (unpaired) electrons. The van der Waals surface area contributed by atoms with Crippen molar-refractivity contribution in [2.75, 3.05) is 11.9 Å². The molecule has 1 aromatic rings. The van der Waals surface area contributed by atoms with Crippen molar-refractivity contribution in [2.45, 2.75) is 57.4 Å². The fourth-order valence-corrected chi connectivity index (χ4v) is 4.48. The van der Waals surface area contributed by atoms with Crippen LogP contribution in [0.15, 0.2) is 23.1 Å². The molecule has 1 aromatic carbocycles. The molecule has 0 heterocycles. The van der Waals surface area contributed by atoms with Crippen LogP contribution in [0.1, 0.15) is 46.5 Å². The lowest BCUT2D eigenvalue weighted by Gasteiger charge is -2.37. The van der Waals surface area contributed by atoms with Gasteiger partial charge in [0.2, 0.25) is 15.9 Å². The van der Waals surface area contributed by atoms with E-state index in [-0.39, 0.29) is 35.5 Å². The smallest absolute Gasteiger partial charge is 0.293 e. The van der Waals surface area contributed by atoms with Gasteiger partial charge in [-0.2, -0.15) is 0 Å². The van der Waals surface area contributed by atoms with Gasteiger partial charge < -0.3 is 10.6 Å². The molecule has 0 aliphatic heterocycles. The Morgan fingerprint density at radius 2 is 2.03 bits per heavy atom. The Morgan fingerprint density at radius 1 is 1.34 bits per heavy atom. The molecule has 3 unspecified atom stereocenters. The number of rotatable bonds is 8. The maximum absolute atomic E-state index is 12.4. The zero-order valence-electron chi connectivity index (χ0n) is 17.1. The zero-order chi connectivity index (χ0) is 21.8. The minimum atomic E-state index is -4.04. The van der Waals surface area contributed by atoms with Crippen LogP contribution in [0.25, 0.3) is 0 Å². The van der Waals surface area contributed by atoms with Gasteiger partial charge >= 0.3 is 0 Å². The topological polar surface area (TPSA) is 144 Å². The van der Waals surface area contributed by atoms with Gasteiger partial charge in [0, 0.05) is 25.1 Å². The third-order valence-electron chi connectivity index (χ3n) is 5.53. The molecule has 162 valence electrons. The summed E-state index contributed by atoms with van der Waals surface area (Å²) in [6, 6.07) is 3.54. The summed E-state index contributed by atoms with van der Waals surface area (Å²) in [6.07, 6.45) is 3.39. The number of nitro groups is 1. The van der Waals surface area contributed by atoms with E-state index < -0.39 is 20.6 Å². The number of amides is 1. The van der Waals surface area contributed by atoms with E-state index in [0.717, 1.165) is 18.9 Å². The number of anilines is 1. The fourth-order valence-electron chi connectivity index (χ4n) is 3.95. The van der Waals surface area contributed by atoms with E-state index in [9.17, 15) is 23.3 Å². The lowest BCUT2D eigenvalue weighted by Crippen LogP contribution is -2.45. The summed E-state index contributed by atoms with van der Waals surface area (Å²) in [7, 11) is -4.04. The number of sulfonamides is 1. The first-order valence-corrected chi connectivity index (χ1v) is 11.4. The number of nitro benzene ring substituents is 1. The quantitative estimate of drug-likeness (QED) is 0.430. The van der Waals surface area contributed by atoms with Gasteiger partial charge in [-0.15, -0.1) is 0 Å². The number of primary sulfonamides is 1. The zero-order valence-corrected chi connectivity index (χ0v) is 17.9. The number of nitrogens with two attached hydrogens (primary N) is 1. The number of carbonyl (C=O) groups is 1. The second kappa shape index (κ2) is 9.53. The van der Waals surface area contributed by atoms with Gasteiger partial charge in [0.1, 0.15) is 5.69 Å². The lowest BCUT2D eigenvalue weighted by molar-refractivity contribution is -0.384. The number of nitrogens with zero attached hydrogens (tertiary/aromatic N) is 1. The standard InChI is InChI=1S/C19H30N4O5S/c1-12(2)15-6-4-13(3)10-17(15)22-19(24)8-9-21-16-7-5-14(29(20,27)28)11-18(16)23(25)26/h5,7,11-13,15,17,21H,4,6,8-10H2,1-3H3,(H,22,24)(H2,20,27,28). The van der Waals surface area contributed by atoms with Gasteiger partial charge in [-0.05, 0) is 42.7 Å². The number of benzene rings is 1. The highest BCUT2D eigenvalue weighted by molar-refractivity contribution is 7.89. The molecule has 0 saturated heterocycles. The first kappa shape index (κ1) is 23.1. The summed E-state index contributed by atoms with van der Waals surface area (Å²) >= 11 is 0. The summed E-state index contributed by atoms with van der Waals surface area (Å²) < 4.78 is 22.8. The van der Waals surface area contributed by atoms with Crippen LogP contribution in [0.5, 0.6) is 0 Å². The number of carbonyl (C=O) groups excluding carboxylic acids is 1. The lowest BCUT2D eigenvalue weighted by atomic mass is 9.74. The first-order valence-electron chi connectivity index (χ1n) is 9.83. The summed E-state index contributed by atoms with van der Waals surface area (Å²) in [6.45, 7) is 6.73. The molecule has 4 N–H and O–H groups in total. The van der Waals surface area contributed by atoms with Crippen molar-refractivity contribution >= 4 is 27.3 Å². The minimum absolute atomic E-state index is 0.106. The Kier molecular flexibility index (Phi) is 7.59. The Morgan fingerprint density at radius 3 is 2.62 bits per heavy atom. The van der Waals surface area contributed by atoms with Crippen LogP contribution in [0.3, 0.4) is 0 Å². The Labute approximate surface area is 171 Å². The van der Waals surface area contributed by atoms with Gasteiger partial charge in [-0.1, -0.05) is 27.2 Å². The molecule has 0 aromatic heterocycles. The molecule has 1 amide bonds. The highest BCUT2D eigenvalue weighted by Crippen LogP contribution is 2.33. The van der Waals surface area contributed by atoms with Crippen molar-refractivity contribution in [3.63, 3.8) is 0 Å². The van der Waals surface area contributed by atoms with Crippen LogP contribution in [0.2, 0.25) is 0 Å². The van der Waals surface area contributed by atoms with Crippen LogP contribution < -0.4 is 15.8 Å². The molecule has 0 spiro atoms. The molecule has 10 heteroatoms. The fraction of sp³-hybridized carbons (Fsp3) is 0.632. The number of nitrogens with one attached hydrogen (secondary N) is 2. The number of hydrogen-bond donors (Lipinski definition) is 3. The van der Waals surface area contributed by atoms with Crippen LogP contribution >= 0.6 is 0 Å². The molecule has 1 fully saturated rings. The second-order valence-corrected chi connectivity index (χ2v) is 9.72. The van der Waals surface area contributed by atoms with Gasteiger partial charge in [0.05, 0.1) is 9.82 Å². The predicted octanol–water partition coefficient (Wildman–Crippen LogP) is 2.62. The van der Waals surface area contributed by atoms with Crippen molar-refractivity contribution in [3.8, 4) is 0 Å². The maximum Gasteiger partial charge on any atom is 0.293 e. The molecule has 1 aliphatic carbocycles. The van der Waals surface area contributed by atoms with E-state index in [4.69, 9.17) is 5.14 Å². The molecular weight excluding hydrogens is 396 g/mol. The molecule has 3 atom stereocenters. The first-order chi connectivity index (χ1) is 13.5. The highest BCUT2D eigenvalue weighted by atomic mass is 32.2. The molecule has 1 saturated carbocycles. The Balaban J connectivity index is 1.97. The molecule has 29 heavy (non-hydrogen) atoms. The summed E-state index contributed by atoms with van der Waals surface area (Å²) in [5.41, 5.74) is -0.264. The monoisotopic (exact) mass is 426 g/mol. The second-order valence-electron chi connectivity index (χ2n) is 8.16. The van der Waals surface area contributed by atoms with Gasteiger partial charge in [0.15, 0.2) is 0 Å². The van der Waals surface area contributed by atoms with Crippen LogP contribution in [-0.4, -0.2) is 31.8 Å². The van der Waals surface area contributed by atoms with Crippen LogP contribution in [0.4, 0.5) is 11.4 Å². The van der Waals surface area contributed by atoms with Crippen molar-refractivity contribution in [2.24, 2.45) is 22.9 Å². The van der Waals surface area contributed by atoms with Crippen molar-refractivity contribution in [1.29, 1.82) is 0 Å². The van der Waals surface area contributed by atoms with E-state index in [1.54, 1.807) is 0 Å². The number of hydrogen-bond acceptors (Lipinski definition) is 6. The average molecular weight is 427 g/mol. The third-order valence-corrected chi connectivity index (χ3v) is 6.44.